The fraction of sp³-hybridized carbons (Fsp3) is 0.292. The maximum Gasteiger partial charge on any atom is 0.323 e. The topological polar surface area (TPSA) is 79.4 Å². The summed E-state index contributed by atoms with van der Waals surface area (Å²) < 4.78 is 5.18. The molecule has 0 atom stereocenters. The van der Waals surface area contributed by atoms with E-state index in [-0.39, 0.29) is 6.03 Å². The molecule has 0 saturated carbocycles. The fourth-order valence-corrected chi connectivity index (χ4v) is 3.64. The molecule has 1 aliphatic heterocycles. The van der Waals surface area contributed by atoms with E-state index in [2.05, 4.69) is 32.7 Å². The van der Waals surface area contributed by atoms with Gasteiger partial charge in [0.1, 0.15) is 5.75 Å². The highest BCUT2D eigenvalue weighted by molar-refractivity contribution is 6.00. The summed E-state index contributed by atoms with van der Waals surface area (Å²) in [4.78, 5) is 14.7. The average molecular weight is 418 g/mol. The third-order valence-corrected chi connectivity index (χ3v) is 5.50. The molecule has 1 saturated heterocycles. The van der Waals surface area contributed by atoms with Crippen LogP contribution < -0.4 is 20.3 Å². The van der Waals surface area contributed by atoms with E-state index in [1.807, 2.05) is 48.5 Å². The van der Waals surface area contributed by atoms with Gasteiger partial charge >= 0.3 is 6.03 Å². The Labute approximate surface area is 182 Å². The third kappa shape index (κ3) is 5.31. The number of nitrogens with one attached hydrogen (secondary N) is 2. The van der Waals surface area contributed by atoms with E-state index in [0.29, 0.717) is 17.1 Å². The number of piperidine rings is 1. The molecule has 7 heteroatoms. The zero-order valence-electron chi connectivity index (χ0n) is 17.8. The lowest BCUT2D eigenvalue weighted by Gasteiger charge is -2.30. The van der Waals surface area contributed by atoms with Crippen molar-refractivity contribution in [2.45, 2.75) is 19.8 Å². The monoisotopic (exact) mass is 417 g/mol. The van der Waals surface area contributed by atoms with E-state index < -0.39 is 0 Å². The van der Waals surface area contributed by atoms with Crippen molar-refractivity contribution in [1.82, 2.24) is 10.2 Å². The van der Waals surface area contributed by atoms with Gasteiger partial charge in [-0.1, -0.05) is 25.1 Å². The first kappa shape index (κ1) is 20.7. The van der Waals surface area contributed by atoms with Crippen LogP contribution in [0.2, 0.25) is 0 Å². The number of benzene rings is 2. The molecule has 0 aliphatic carbocycles. The predicted molar refractivity (Wildman–Crippen MR) is 124 cm³/mol. The lowest BCUT2D eigenvalue weighted by Crippen LogP contribution is -2.33. The smallest absolute Gasteiger partial charge is 0.323 e. The first-order valence-electron chi connectivity index (χ1n) is 10.5. The van der Waals surface area contributed by atoms with Crippen molar-refractivity contribution < 1.29 is 9.53 Å². The van der Waals surface area contributed by atoms with E-state index in [1.54, 1.807) is 19.2 Å². The molecule has 2 N–H and O–H groups in total. The normalized spacial score (nSPS) is 14.2. The number of carbonyl (C=O) groups is 1. The Balaban J connectivity index is 1.41. The van der Waals surface area contributed by atoms with Crippen LogP contribution in [0.4, 0.5) is 22.0 Å². The van der Waals surface area contributed by atoms with E-state index in [1.165, 1.54) is 12.8 Å². The summed E-state index contributed by atoms with van der Waals surface area (Å²) in [6.07, 6.45) is 2.38. The number of aromatic nitrogens is 2. The number of anilines is 3. The summed E-state index contributed by atoms with van der Waals surface area (Å²) in [6.45, 7) is 4.35. The van der Waals surface area contributed by atoms with Gasteiger partial charge in [0.15, 0.2) is 5.82 Å². The highest BCUT2D eigenvalue weighted by Gasteiger charge is 2.17. The van der Waals surface area contributed by atoms with Crippen LogP contribution in [0.3, 0.4) is 0 Å². The predicted octanol–water partition coefficient (Wildman–Crippen LogP) is 5.03. The molecule has 2 amide bonds. The van der Waals surface area contributed by atoms with Gasteiger partial charge in [0, 0.05) is 36.1 Å². The molecular formula is C24H27N5O2. The van der Waals surface area contributed by atoms with E-state index in [0.717, 1.165) is 36.1 Å². The standard InChI is InChI=1S/C24H27N5O2/c1-17-11-13-29(14-12-17)23-10-9-22(27-28-23)18-5-3-6-19(15-18)25-24(30)26-20-7-4-8-21(16-20)31-2/h3-10,15-17H,11-14H2,1-2H3,(H2,25,26,30). The summed E-state index contributed by atoms with van der Waals surface area (Å²) in [5.41, 5.74) is 2.99. The molecule has 0 spiro atoms. The number of rotatable bonds is 5. The Morgan fingerprint density at radius 3 is 2.35 bits per heavy atom. The SMILES string of the molecule is COc1cccc(NC(=O)Nc2cccc(-c3ccc(N4CCC(C)CC4)nn3)c2)c1. The van der Waals surface area contributed by atoms with Gasteiger partial charge in [-0.2, -0.15) is 0 Å². The lowest BCUT2D eigenvalue weighted by atomic mass is 9.99. The summed E-state index contributed by atoms with van der Waals surface area (Å²) in [6, 6.07) is 18.5. The van der Waals surface area contributed by atoms with Crippen LogP contribution in [-0.2, 0) is 0 Å². The van der Waals surface area contributed by atoms with E-state index in [4.69, 9.17) is 4.74 Å². The number of carbonyl (C=O) groups excluding carboxylic acids is 1. The fourth-order valence-electron chi connectivity index (χ4n) is 3.64. The third-order valence-electron chi connectivity index (χ3n) is 5.50. The highest BCUT2D eigenvalue weighted by Crippen LogP contribution is 2.25. The van der Waals surface area contributed by atoms with Crippen molar-refractivity contribution in [2.24, 2.45) is 5.92 Å². The molecule has 7 nitrogen and oxygen atoms in total. The van der Waals surface area contributed by atoms with Crippen LogP contribution in [0.1, 0.15) is 19.8 Å². The zero-order valence-corrected chi connectivity index (χ0v) is 17.8. The van der Waals surface area contributed by atoms with Gasteiger partial charge in [-0.05, 0) is 55.2 Å². The molecule has 2 heterocycles. The molecule has 1 aliphatic rings. The number of ether oxygens (including phenoxy) is 1. The van der Waals surface area contributed by atoms with Crippen molar-refractivity contribution in [2.75, 3.05) is 35.7 Å². The van der Waals surface area contributed by atoms with E-state index in [9.17, 15) is 4.79 Å². The maximum absolute atomic E-state index is 12.4. The zero-order chi connectivity index (χ0) is 21.6. The minimum Gasteiger partial charge on any atom is -0.497 e. The Kier molecular flexibility index (Phi) is 6.31. The van der Waals surface area contributed by atoms with Crippen molar-refractivity contribution in [3.63, 3.8) is 0 Å². The number of methoxy groups -OCH3 is 1. The van der Waals surface area contributed by atoms with Crippen LogP contribution in [0.5, 0.6) is 5.75 Å². The average Bonchev–Trinajstić information content (AvgIpc) is 2.80. The number of urea groups is 1. The summed E-state index contributed by atoms with van der Waals surface area (Å²) in [7, 11) is 1.59. The van der Waals surface area contributed by atoms with Crippen LogP contribution >= 0.6 is 0 Å². The summed E-state index contributed by atoms with van der Waals surface area (Å²) in [5.74, 6) is 2.38. The lowest BCUT2D eigenvalue weighted by molar-refractivity contribution is 0.262. The number of nitrogens with zero attached hydrogens (tertiary/aromatic N) is 3. The van der Waals surface area contributed by atoms with Crippen molar-refractivity contribution in [3.8, 4) is 17.0 Å². The number of hydrogen-bond donors (Lipinski definition) is 2. The van der Waals surface area contributed by atoms with Crippen LogP contribution in [0.15, 0.2) is 60.7 Å². The van der Waals surface area contributed by atoms with Crippen molar-refractivity contribution >= 4 is 23.2 Å². The molecule has 4 rings (SSSR count). The van der Waals surface area contributed by atoms with E-state index >= 15 is 0 Å². The second-order valence-electron chi connectivity index (χ2n) is 7.84. The van der Waals surface area contributed by atoms with Crippen molar-refractivity contribution in [3.05, 3.63) is 60.7 Å². The van der Waals surface area contributed by atoms with Gasteiger partial charge < -0.3 is 20.3 Å². The van der Waals surface area contributed by atoms with Crippen LogP contribution in [0, 0.1) is 5.92 Å². The minimum atomic E-state index is -0.328. The molecular weight excluding hydrogens is 390 g/mol. The molecule has 160 valence electrons. The molecule has 0 unspecified atom stereocenters. The quantitative estimate of drug-likeness (QED) is 0.608. The molecule has 1 fully saturated rings. The Hall–Kier alpha value is -3.61. The van der Waals surface area contributed by atoms with Gasteiger partial charge in [0.05, 0.1) is 12.8 Å². The molecule has 3 aromatic rings. The first-order valence-corrected chi connectivity index (χ1v) is 10.5. The maximum atomic E-state index is 12.4. The second kappa shape index (κ2) is 9.47. The molecule has 31 heavy (non-hydrogen) atoms. The molecule has 0 bridgehead atoms. The molecule has 2 aromatic carbocycles. The van der Waals surface area contributed by atoms with Crippen LogP contribution in [-0.4, -0.2) is 36.4 Å². The van der Waals surface area contributed by atoms with Gasteiger partial charge in [0.25, 0.3) is 0 Å². The highest BCUT2D eigenvalue weighted by atomic mass is 16.5. The molecule has 1 aromatic heterocycles. The van der Waals surface area contributed by atoms with Crippen molar-refractivity contribution in [1.29, 1.82) is 0 Å². The largest absolute Gasteiger partial charge is 0.497 e. The summed E-state index contributed by atoms with van der Waals surface area (Å²) in [5, 5.41) is 14.5. The number of amides is 2. The number of hydrogen-bond acceptors (Lipinski definition) is 5. The Morgan fingerprint density at radius 1 is 0.968 bits per heavy atom. The Bertz CT molecular complexity index is 1030. The van der Waals surface area contributed by atoms with Gasteiger partial charge in [-0.25, -0.2) is 4.79 Å². The second-order valence-corrected chi connectivity index (χ2v) is 7.84. The van der Waals surface area contributed by atoms with Gasteiger partial charge in [0.2, 0.25) is 0 Å². The minimum absolute atomic E-state index is 0.328. The first-order chi connectivity index (χ1) is 15.1. The van der Waals surface area contributed by atoms with Gasteiger partial charge in [-0.15, -0.1) is 10.2 Å². The Morgan fingerprint density at radius 2 is 1.68 bits per heavy atom. The van der Waals surface area contributed by atoms with Gasteiger partial charge in [-0.3, -0.25) is 0 Å². The molecule has 0 radical (unpaired) electrons. The summed E-state index contributed by atoms with van der Waals surface area (Å²) >= 11 is 0. The van der Waals surface area contributed by atoms with Crippen LogP contribution in [0.25, 0.3) is 11.3 Å².